The molecule has 4 nitrogen and oxygen atoms in total. The van der Waals surface area contributed by atoms with Gasteiger partial charge < -0.3 is 14.4 Å². The van der Waals surface area contributed by atoms with E-state index >= 15 is 0 Å². The van der Waals surface area contributed by atoms with E-state index in [1.807, 2.05) is 11.5 Å². The molecule has 0 unspecified atom stereocenters. The van der Waals surface area contributed by atoms with Crippen molar-refractivity contribution in [2.24, 2.45) is 0 Å². The highest BCUT2D eigenvalue weighted by Crippen LogP contribution is 2.35. The molecule has 1 aliphatic rings. The highest BCUT2D eigenvalue weighted by molar-refractivity contribution is 9.10. The molecule has 19 heavy (non-hydrogen) atoms. The highest BCUT2D eigenvalue weighted by atomic mass is 79.9. The van der Waals surface area contributed by atoms with Crippen LogP contribution in [0.25, 0.3) is 11.0 Å². The molecule has 2 heterocycles. The molecule has 0 radical (unpaired) electrons. The number of nitrogens with zero attached hydrogens (tertiary/aromatic N) is 2. The van der Waals surface area contributed by atoms with Crippen molar-refractivity contribution in [2.45, 2.75) is 25.2 Å². The van der Waals surface area contributed by atoms with Crippen LogP contribution < -0.4 is 0 Å². The van der Waals surface area contributed by atoms with Crippen LogP contribution in [0.1, 0.15) is 13.0 Å². The van der Waals surface area contributed by atoms with Gasteiger partial charge in [0, 0.05) is 0 Å². The lowest BCUT2D eigenvalue weighted by molar-refractivity contribution is 0.0523. The van der Waals surface area contributed by atoms with Crippen molar-refractivity contribution in [1.29, 1.82) is 0 Å². The smallest absolute Gasteiger partial charge is 0.178 e. The van der Waals surface area contributed by atoms with Crippen LogP contribution >= 0.6 is 39.1 Å². The van der Waals surface area contributed by atoms with Crippen LogP contribution in [0.5, 0.6) is 0 Å². The normalized spacial score (nSPS) is 27.3. The van der Waals surface area contributed by atoms with Gasteiger partial charge in [0.2, 0.25) is 0 Å². The van der Waals surface area contributed by atoms with Crippen molar-refractivity contribution in [3.8, 4) is 0 Å². The molecule has 0 saturated carbocycles. The molecular weight excluding hydrogens is 355 g/mol. The Hall–Kier alpha value is -0.330. The molecule has 3 rings (SSSR count). The summed E-state index contributed by atoms with van der Waals surface area (Å²) in [5.74, 6) is 0. The number of rotatable bonds is 1. The van der Waals surface area contributed by atoms with Crippen LogP contribution in [0.2, 0.25) is 10.0 Å². The molecule has 7 heteroatoms. The van der Waals surface area contributed by atoms with E-state index in [1.54, 1.807) is 12.1 Å². The van der Waals surface area contributed by atoms with E-state index in [4.69, 9.17) is 27.9 Å². The van der Waals surface area contributed by atoms with E-state index in [1.165, 1.54) is 0 Å². The number of hydrogen-bond acceptors (Lipinski definition) is 3. The van der Waals surface area contributed by atoms with Crippen molar-refractivity contribution in [1.82, 2.24) is 9.55 Å². The zero-order chi connectivity index (χ0) is 13.7. The maximum absolute atomic E-state index is 10.2. The number of fused-ring (bicyclic) bond motifs is 1. The second-order valence-corrected chi connectivity index (χ2v) is 6.13. The van der Waals surface area contributed by atoms with Gasteiger partial charge in [-0.25, -0.2) is 4.98 Å². The first kappa shape index (κ1) is 13.6. The van der Waals surface area contributed by atoms with E-state index in [0.29, 0.717) is 21.4 Å². The van der Waals surface area contributed by atoms with Crippen LogP contribution in [0.15, 0.2) is 16.9 Å². The average Bonchev–Trinajstić information content (AvgIpc) is 2.82. The van der Waals surface area contributed by atoms with Crippen LogP contribution in [0.4, 0.5) is 0 Å². The molecule has 3 atom stereocenters. The zero-order valence-electron chi connectivity index (χ0n) is 9.98. The summed E-state index contributed by atoms with van der Waals surface area (Å²) in [5, 5.41) is 11.1. The number of aliphatic hydroxyl groups is 1. The summed E-state index contributed by atoms with van der Waals surface area (Å²) >= 11 is 15.5. The molecule has 102 valence electrons. The third kappa shape index (κ3) is 2.17. The Morgan fingerprint density at radius 2 is 2.11 bits per heavy atom. The lowest BCUT2D eigenvalue weighted by Crippen LogP contribution is -2.26. The van der Waals surface area contributed by atoms with Gasteiger partial charge in [0.05, 0.1) is 39.8 Å². The Morgan fingerprint density at radius 1 is 1.42 bits per heavy atom. The minimum Gasteiger partial charge on any atom is -0.388 e. The van der Waals surface area contributed by atoms with Gasteiger partial charge in [-0.3, -0.25) is 0 Å². The van der Waals surface area contributed by atoms with Gasteiger partial charge in [-0.1, -0.05) is 23.2 Å². The number of aromatic nitrogens is 2. The van der Waals surface area contributed by atoms with E-state index in [9.17, 15) is 5.11 Å². The minimum atomic E-state index is -0.580. The first-order valence-electron chi connectivity index (χ1n) is 5.81. The third-order valence-electron chi connectivity index (χ3n) is 3.43. The van der Waals surface area contributed by atoms with Crippen molar-refractivity contribution in [2.75, 3.05) is 6.61 Å². The zero-order valence-corrected chi connectivity index (χ0v) is 13.1. The van der Waals surface area contributed by atoms with Gasteiger partial charge in [-0.05, 0) is 35.0 Å². The topological polar surface area (TPSA) is 47.3 Å². The number of benzene rings is 1. The summed E-state index contributed by atoms with van der Waals surface area (Å²) in [6.07, 6.45) is -0.778. The van der Waals surface area contributed by atoms with Crippen LogP contribution in [0.3, 0.4) is 0 Å². The molecule has 1 aromatic heterocycles. The molecule has 1 N–H and O–H groups in total. The SMILES string of the molecule is C[C@H]1OC[C@@H](n2c(Br)nc3cc(Cl)c(Cl)cc32)[C@@H]1O. The fourth-order valence-corrected chi connectivity index (χ4v) is 3.33. The Kier molecular flexibility index (Phi) is 3.52. The Labute approximate surface area is 128 Å². The summed E-state index contributed by atoms with van der Waals surface area (Å²) in [4.78, 5) is 4.39. The standard InChI is InChI=1S/C12H11BrCl2N2O2/c1-5-11(18)10(4-19-5)17-9-3-7(15)6(14)2-8(9)16-12(17)13/h2-3,5,10-11,18H,4H2,1H3/t5-,10-,11-/m1/s1. The second-order valence-electron chi connectivity index (χ2n) is 4.60. The lowest BCUT2D eigenvalue weighted by atomic mass is 10.1. The summed E-state index contributed by atoms with van der Waals surface area (Å²) in [7, 11) is 0. The van der Waals surface area contributed by atoms with Crippen molar-refractivity contribution < 1.29 is 9.84 Å². The summed E-state index contributed by atoms with van der Waals surface area (Å²) in [6, 6.07) is 3.28. The predicted molar refractivity (Wildman–Crippen MR) is 77.9 cm³/mol. The first-order chi connectivity index (χ1) is 8.99. The fraction of sp³-hybridized carbons (Fsp3) is 0.417. The molecule has 1 fully saturated rings. The Bertz CT molecular complexity index is 646. The largest absolute Gasteiger partial charge is 0.388 e. The van der Waals surface area contributed by atoms with Gasteiger partial charge in [0.15, 0.2) is 4.73 Å². The Balaban J connectivity index is 2.18. The Morgan fingerprint density at radius 3 is 2.74 bits per heavy atom. The van der Waals surface area contributed by atoms with Crippen LogP contribution in [0, 0.1) is 0 Å². The molecule has 0 bridgehead atoms. The van der Waals surface area contributed by atoms with E-state index in [0.717, 1.165) is 11.0 Å². The predicted octanol–water partition coefficient (Wildman–Crippen LogP) is 3.43. The fourth-order valence-electron chi connectivity index (χ4n) is 2.36. The third-order valence-corrected chi connectivity index (χ3v) is 4.71. The van der Waals surface area contributed by atoms with E-state index in [2.05, 4.69) is 20.9 Å². The van der Waals surface area contributed by atoms with Gasteiger partial charge >= 0.3 is 0 Å². The molecule has 0 aliphatic carbocycles. The summed E-state index contributed by atoms with van der Waals surface area (Å²) in [6.45, 7) is 2.29. The lowest BCUT2D eigenvalue weighted by Gasteiger charge is -2.18. The van der Waals surface area contributed by atoms with E-state index < -0.39 is 6.10 Å². The monoisotopic (exact) mass is 364 g/mol. The number of ether oxygens (including phenoxy) is 1. The average molecular weight is 366 g/mol. The highest BCUT2D eigenvalue weighted by Gasteiger charge is 2.36. The number of imidazole rings is 1. The molecule has 2 aromatic rings. The maximum atomic E-state index is 10.2. The molecular formula is C12H11BrCl2N2O2. The van der Waals surface area contributed by atoms with Gasteiger partial charge in [0.25, 0.3) is 0 Å². The molecule has 0 amide bonds. The van der Waals surface area contributed by atoms with Crippen molar-refractivity contribution in [3.05, 3.63) is 26.9 Å². The molecule has 1 aromatic carbocycles. The summed E-state index contributed by atoms with van der Waals surface area (Å²) in [5.41, 5.74) is 1.55. The first-order valence-corrected chi connectivity index (χ1v) is 7.36. The van der Waals surface area contributed by atoms with Gasteiger partial charge in [0.1, 0.15) is 6.10 Å². The van der Waals surface area contributed by atoms with Crippen molar-refractivity contribution >= 4 is 50.2 Å². The number of halogens is 3. The molecule has 0 spiro atoms. The van der Waals surface area contributed by atoms with Crippen molar-refractivity contribution in [3.63, 3.8) is 0 Å². The van der Waals surface area contributed by atoms with Gasteiger partial charge in [-0.15, -0.1) is 0 Å². The second kappa shape index (κ2) is 4.90. The number of aliphatic hydroxyl groups excluding tert-OH is 1. The summed E-state index contributed by atoms with van der Waals surface area (Å²) < 4.78 is 8.00. The molecule has 1 saturated heterocycles. The van der Waals surface area contributed by atoms with Crippen LogP contribution in [-0.2, 0) is 4.74 Å². The maximum Gasteiger partial charge on any atom is 0.178 e. The van der Waals surface area contributed by atoms with E-state index in [-0.39, 0.29) is 12.1 Å². The quantitative estimate of drug-likeness (QED) is 0.842. The number of hydrogen-bond donors (Lipinski definition) is 1. The van der Waals surface area contributed by atoms with Crippen LogP contribution in [-0.4, -0.2) is 33.5 Å². The molecule has 1 aliphatic heterocycles. The minimum absolute atomic E-state index is 0.188. The van der Waals surface area contributed by atoms with Gasteiger partial charge in [-0.2, -0.15) is 0 Å².